The Morgan fingerprint density at radius 2 is 1.95 bits per heavy atom. The number of carbonyl (C=O) groups excluding carboxylic acids is 1. The van der Waals surface area contributed by atoms with Gasteiger partial charge >= 0.3 is 0 Å². The molecule has 0 saturated heterocycles. The zero-order chi connectivity index (χ0) is 13.9. The topological polar surface area (TPSA) is 33.5 Å². The Morgan fingerprint density at radius 1 is 1.15 bits per heavy atom. The minimum absolute atomic E-state index is 0.111. The molecule has 0 aliphatic carbocycles. The number of rotatable bonds is 2. The largest absolute Gasteiger partial charge is 0.440 e. The SMILES string of the molecule is O=C(c1ccc(Cl)o1)N1CC=C(c2ccccc2)CC1. The summed E-state index contributed by atoms with van der Waals surface area (Å²) in [5.41, 5.74) is 2.51. The Labute approximate surface area is 122 Å². The van der Waals surface area contributed by atoms with Crippen LogP contribution in [-0.2, 0) is 0 Å². The molecule has 0 fully saturated rings. The van der Waals surface area contributed by atoms with Gasteiger partial charge in [-0.1, -0.05) is 36.4 Å². The maximum absolute atomic E-state index is 12.2. The van der Waals surface area contributed by atoms with Gasteiger partial charge in [0.1, 0.15) is 0 Å². The molecular weight excluding hydrogens is 274 g/mol. The van der Waals surface area contributed by atoms with Gasteiger partial charge in [-0.3, -0.25) is 4.79 Å². The van der Waals surface area contributed by atoms with Crippen LogP contribution in [0.4, 0.5) is 0 Å². The summed E-state index contributed by atoms with van der Waals surface area (Å²) < 4.78 is 5.16. The van der Waals surface area contributed by atoms with Gasteiger partial charge < -0.3 is 9.32 Å². The second-order valence-corrected chi connectivity index (χ2v) is 5.07. The molecule has 1 amide bonds. The molecule has 2 aromatic rings. The van der Waals surface area contributed by atoms with Crippen molar-refractivity contribution in [3.8, 4) is 0 Å². The number of amides is 1. The summed E-state index contributed by atoms with van der Waals surface area (Å²) in [6, 6.07) is 13.4. The highest BCUT2D eigenvalue weighted by Crippen LogP contribution is 2.23. The van der Waals surface area contributed by atoms with Gasteiger partial charge in [0.25, 0.3) is 5.91 Å². The van der Waals surface area contributed by atoms with E-state index in [9.17, 15) is 4.79 Å². The van der Waals surface area contributed by atoms with E-state index in [-0.39, 0.29) is 11.1 Å². The van der Waals surface area contributed by atoms with E-state index in [1.54, 1.807) is 17.0 Å². The smallest absolute Gasteiger partial charge is 0.289 e. The van der Waals surface area contributed by atoms with Crippen LogP contribution in [0, 0.1) is 0 Å². The number of halogens is 1. The van der Waals surface area contributed by atoms with Crippen LogP contribution in [0.3, 0.4) is 0 Å². The van der Waals surface area contributed by atoms with Crippen LogP contribution in [-0.4, -0.2) is 23.9 Å². The van der Waals surface area contributed by atoms with E-state index in [4.69, 9.17) is 16.0 Å². The van der Waals surface area contributed by atoms with Crippen molar-refractivity contribution in [3.05, 3.63) is 65.1 Å². The average Bonchev–Trinajstić information content (AvgIpc) is 2.94. The van der Waals surface area contributed by atoms with Crippen LogP contribution in [0.5, 0.6) is 0 Å². The summed E-state index contributed by atoms with van der Waals surface area (Å²) >= 11 is 5.70. The molecule has 0 atom stereocenters. The fourth-order valence-electron chi connectivity index (χ4n) is 2.35. The molecule has 1 aliphatic rings. The molecular formula is C16H14ClNO2. The number of furan rings is 1. The number of carbonyl (C=O) groups is 1. The van der Waals surface area contributed by atoms with E-state index in [0.717, 1.165) is 6.42 Å². The summed E-state index contributed by atoms with van der Waals surface area (Å²) in [7, 11) is 0. The molecule has 0 N–H and O–H groups in total. The zero-order valence-electron chi connectivity index (χ0n) is 10.9. The lowest BCUT2D eigenvalue weighted by Gasteiger charge is -2.25. The highest BCUT2D eigenvalue weighted by atomic mass is 35.5. The molecule has 20 heavy (non-hydrogen) atoms. The van der Waals surface area contributed by atoms with Gasteiger partial charge in [-0.15, -0.1) is 0 Å². The van der Waals surface area contributed by atoms with Crippen molar-refractivity contribution in [2.75, 3.05) is 13.1 Å². The molecule has 0 bridgehead atoms. The van der Waals surface area contributed by atoms with Crippen molar-refractivity contribution < 1.29 is 9.21 Å². The van der Waals surface area contributed by atoms with E-state index in [1.165, 1.54) is 11.1 Å². The standard InChI is InChI=1S/C16H14ClNO2/c17-15-7-6-14(20-15)16(19)18-10-8-13(9-11-18)12-4-2-1-3-5-12/h1-8H,9-11H2. The summed E-state index contributed by atoms with van der Waals surface area (Å²) in [6.45, 7) is 1.29. The Hall–Kier alpha value is -2.00. The maximum Gasteiger partial charge on any atom is 0.289 e. The minimum Gasteiger partial charge on any atom is -0.440 e. The number of hydrogen-bond acceptors (Lipinski definition) is 2. The lowest BCUT2D eigenvalue weighted by molar-refractivity contribution is 0.0741. The lowest BCUT2D eigenvalue weighted by atomic mass is 9.99. The van der Waals surface area contributed by atoms with E-state index in [0.29, 0.717) is 18.8 Å². The summed E-state index contributed by atoms with van der Waals surface area (Å²) in [4.78, 5) is 14.0. The summed E-state index contributed by atoms with van der Waals surface area (Å²) in [6.07, 6.45) is 2.95. The Kier molecular flexibility index (Phi) is 3.61. The predicted molar refractivity (Wildman–Crippen MR) is 78.7 cm³/mol. The van der Waals surface area contributed by atoms with Crippen molar-refractivity contribution in [3.63, 3.8) is 0 Å². The average molecular weight is 288 g/mol. The van der Waals surface area contributed by atoms with Crippen molar-refractivity contribution >= 4 is 23.1 Å². The molecule has 1 aromatic heterocycles. The van der Waals surface area contributed by atoms with Crippen molar-refractivity contribution in [2.45, 2.75) is 6.42 Å². The third-order valence-corrected chi connectivity index (χ3v) is 3.63. The van der Waals surface area contributed by atoms with Gasteiger partial charge in [0.15, 0.2) is 11.0 Å². The highest BCUT2D eigenvalue weighted by molar-refractivity contribution is 6.29. The van der Waals surface area contributed by atoms with E-state index < -0.39 is 0 Å². The van der Waals surface area contributed by atoms with E-state index in [1.807, 2.05) is 18.2 Å². The molecule has 0 radical (unpaired) electrons. The molecule has 3 rings (SSSR count). The van der Waals surface area contributed by atoms with Gasteiger partial charge in [0.2, 0.25) is 0 Å². The summed E-state index contributed by atoms with van der Waals surface area (Å²) in [5.74, 6) is 0.187. The van der Waals surface area contributed by atoms with Gasteiger partial charge in [-0.05, 0) is 41.3 Å². The fraction of sp³-hybridized carbons (Fsp3) is 0.188. The number of nitrogens with zero attached hydrogens (tertiary/aromatic N) is 1. The molecule has 2 heterocycles. The first-order valence-electron chi connectivity index (χ1n) is 6.53. The van der Waals surface area contributed by atoms with Crippen LogP contribution < -0.4 is 0 Å². The van der Waals surface area contributed by atoms with Crippen LogP contribution in [0.25, 0.3) is 5.57 Å². The highest BCUT2D eigenvalue weighted by Gasteiger charge is 2.21. The molecule has 0 spiro atoms. The van der Waals surface area contributed by atoms with Gasteiger partial charge in [0.05, 0.1) is 0 Å². The Morgan fingerprint density at radius 3 is 2.55 bits per heavy atom. The maximum atomic E-state index is 12.2. The van der Waals surface area contributed by atoms with E-state index in [2.05, 4.69) is 18.2 Å². The third-order valence-electron chi connectivity index (χ3n) is 3.42. The quantitative estimate of drug-likeness (QED) is 0.840. The Bertz CT molecular complexity index is 646. The molecule has 4 heteroatoms. The van der Waals surface area contributed by atoms with Crippen LogP contribution >= 0.6 is 11.6 Å². The first-order chi connectivity index (χ1) is 9.74. The first kappa shape index (κ1) is 13.0. The number of hydrogen-bond donors (Lipinski definition) is 0. The van der Waals surface area contributed by atoms with Gasteiger partial charge in [-0.25, -0.2) is 0 Å². The molecule has 102 valence electrons. The fourth-order valence-corrected chi connectivity index (χ4v) is 2.50. The van der Waals surface area contributed by atoms with Crippen molar-refractivity contribution in [1.29, 1.82) is 0 Å². The molecule has 1 aromatic carbocycles. The normalized spacial score (nSPS) is 15.1. The minimum atomic E-state index is -0.111. The Balaban J connectivity index is 1.72. The third kappa shape index (κ3) is 2.63. The summed E-state index contributed by atoms with van der Waals surface area (Å²) in [5, 5.41) is 0.242. The van der Waals surface area contributed by atoms with Gasteiger partial charge in [0, 0.05) is 13.1 Å². The first-order valence-corrected chi connectivity index (χ1v) is 6.91. The monoisotopic (exact) mass is 287 g/mol. The molecule has 3 nitrogen and oxygen atoms in total. The second-order valence-electron chi connectivity index (χ2n) is 4.70. The lowest BCUT2D eigenvalue weighted by Crippen LogP contribution is -2.34. The molecule has 0 unspecified atom stereocenters. The van der Waals surface area contributed by atoms with Crippen LogP contribution in [0.2, 0.25) is 5.22 Å². The second kappa shape index (κ2) is 5.55. The van der Waals surface area contributed by atoms with Crippen molar-refractivity contribution in [1.82, 2.24) is 4.90 Å². The predicted octanol–water partition coefficient (Wildman–Crippen LogP) is 3.86. The van der Waals surface area contributed by atoms with Gasteiger partial charge in [-0.2, -0.15) is 0 Å². The van der Waals surface area contributed by atoms with Crippen LogP contribution in [0.15, 0.2) is 53.0 Å². The molecule has 1 aliphatic heterocycles. The van der Waals surface area contributed by atoms with E-state index >= 15 is 0 Å². The number of benzene rings is 1. The molecule has 0 saturated carbocycles. The van der Waals surface area contributed by atoms with Crippen LogP contribution in [0.1, 0.15) is 22.5 Å². The van der Waals surface area contributed by atoms with Crippen molar-refractivity contribution in [2.24, 2.45) is 0 Å². The zero-order valence-corrected chi connectivity index (χ0v) is 11.6.